The molecule has 0 unspecified atom stereocenters. The van der Waals surface area contributed by atoms with Gasteiger partial charge in [-0.3, -0.25) is 0 Å². The van der Waals surface area contributed by atoms with E-state index in [-0.39, 0.29) is 0 Å². The number of H-pyrrole nitrogens is 1. The first-order chi connectivity index (χ1) is 10.2. The van der Waals surface area contributed by atoms with Gasteiger partial charge in [0.25, 0.3) is 0 Å². The summed E-state index contributed by atoms with van der Waals surface area (Å²) in [6.07, 6.45) is 4.69. The Morgan fingerprint density at radius 2 is 1.81 bits per heavy atom. The van der Waals surface area contributed by atoms with Gasteiger partial charge in [-0.1, -0.05) is 13.8 Å². The van der Waals surface area contributed by atoms with E-state index in [0.29, 0.717) is 11.6 Å². The standard InChI is InChI=1S/C13H15N7S/c1-7(2)8-10(14-3)16-5-19-12(8)21-13-9-11(17-4-15-9)18-6-20-13/h4-7H,1-3H3,(H,14,16,19)(H,15,17,18,20). The average molecular weight is 301 g/mol. The van der Waals surface area contributed by atoms with Gasteiger partial charge < -0.3 is 10.3 Å². The zero-order valence-corrected chi connectivity index (χ0v) is 12.8. The van der Waals surface area contributed by atoms with Gasteiger partial charge in [-0.2, -0.15) is 0 Å². The van der Waals surface area contributed by atoms with Crippen molar-refractivity contribution >= 4 is 28.7 Å². The Balaban J connectivity index is 2.07. The molecule has 0 radical (unpaired) electrons. The van der Waals surface area contributed by atoms with Crippen molar-refractivity contribution in [3.8, 4) is 0 Å². The molecule has 0 saturated heterocycles. The van der Waals surface area contributed by atoms with Crippen molar-refractivity contribution in [1.82, 2.24) is 29.9 Å². The smallest absolute Gasteiger partial charge is 0.181 e. The maximum absolute atomic E-state index is 4.41. The summed E-state index contributed by atoms with van der Waals surface area (Å²) >= 11 is 1.49. The first-order valence-corrected chi connectivity index (χ1v) is 7.37. The van der Waals surface area contributed by atoms with E-state index in [1.165, 1.54) is 18.1 Å². The summed E-state index contributed by atoms with van der Waals surface area (Å²) in [5.74, 6) is 1.15. The Kier molecular flexibility index (Phi) is 3.70. The van der Waals surface area contributed by atoms with E-state index < -0.39 is 0 Å². The summed E-state index contributed by atoms with van der Waals surface area (Å²) in [6, 6.07) is 0. The molecule has 8 heteroatoms. The van der Waals surface area contributed by atoms with Gasteiger partial charge in [0, 0.05) is 12.6 Å². The van der Waals surface area contributed by atoms with Crippen LogP contribution in [0.25, 0.3) is 11.2 Å². The topological polar surface area (TPSA) is 92.3 Å². The van der Waals surface area contributed by atoms with Gasteiger partial charge in [-0.25, -0.2) is 24.9 Å². The van der Waals surface area contributed by atoms with Crippen molar-refractivity contribution in [3.05, 3.63) is 24.5 Å². The molecule has 0 atom stereocenters. The van der Waals surface area contributed by atoms with Crippen molar-refractivity contribution in [2.24, 2.45) is 0 Å². The third kappa shape index (κ3) is 2.54. The molecule has 2 N–H and O–H groups in total. The predicted molar refractivity (Wildman–Crippen MR) is 81.5 cm³/mol. The average Bonchev–Trinajstić information content (AvgIpc) is 2.96. The molecule has 0 aliphatic carbocycles. The van der Waals surface area contributed by atoms with Crippen LogP contribution in [0.3, 0.4) is 0 Å². The number of nitrogens with zero attached hydrogens (tertiary/aromatic N) is 5. The largest absolute Gasteiger partial charge is 0.373 e. The molecule has 7 nitrogen and oxygen atoms in total. The number of imidazole rings is 1. The highest BCUT2D eigenvalue weighted by atomic mass is 32.2. The number of nitrogens with one attached hydrogen (secondary N) is 2. The lowest BCUT2D eigenvalue weighted by atomic mass is 10.1. The zero-order chi connectivity index (χ0) is 14.8. The molecule has 3 heterocycles. The highest BCUT2D eigenvalue weighted by molar-refractivity contribution is 7.99. The SMILES string of the molecule is CNc1ncnc(Sc2ncnc3nc[nH]c23)c1C(C)C. The molecule has 0 aliphatic rings. The highest BCUT2D eigenvalue weighted by Crippen LogP contribution is 2.36. The van der Waals surface area contributed by atoms with Crippen LogP contribution in [-0.4, -0.2) is 37.0 Å². The molecule has 0 saturated carbocycles. The lowest BCUT2D eigenvalue weighted by Crippen LogP contribution is -2.04. The lowest BCUT2D eigenvalue weighted by Gasteiger charge is -2.14. The summed E-state index contributed by atoms with van der Waals surface area (Å²) in [6.45, 7) is 4.24. The number of aromatic nitrogens is 6. The first kappa shape index (κ1) is 13.7. The minimum Gasteiger partial charge on any atom is -0.373 e. The zero-order valence-electron chi connectivity index (χ0n) is 12.0. The molecule has 3 aromatic heterocycles. The number of rotatable bonds is 4. The summed E-state index contributed by atoms with van der Waals surface area (Å²) in [5, 5.41) is 4.81. The molecule has 0 spiro atoms. The van der Waals surface area contributed by atoms with Crippen LogP contribution >= 0.6 is 11.8 Å². The molecular formula is C13H15N7S. The van der Waals surface area contributed by atoms with Crippen molar-refractivity contribution < 1.29 is 0 Å². The summed E-state index contributed by atoms with van der Waals surface area (Å²) < 4.78 is 0. The van der Waals surface area contributed by atoms with Crippen LogP contribution in [0.2, 0.25) is 0 Å². The number of hydrogen-bond donors (Lipinski definition) is 2. The fourth-order valence-electron chi connectivity index (χ4n) is 2.09. The van der Waals surface area contributed by atoms with E-state index in [9.17, 15) is 0 Å². The number of anilines is 1. The van der Waals surface area contributed by atoms with Crippen LogP contribution in [0.5, 0.6) is 0 Å². The Labute approximate surface area is 126 Å². The maximum atomic E-state index is 4.41. The van der Waals surface area contributed by atoms with Gasteiger partial charge >= 0.3 is 0 Å². The quantitative estimate of drug-likeness (QED) is 0.715. The normalized spacial score (nSPS) is 11.2. The molecule has 3 rings (SSSR count). The van der Waals surface area contributed by atoms with Gasteiger partial charge in [0.15, 0.2) is 5.65 Å². The van der Waals surface area contributed by atoms with Crippen molar-refractivity contribution in [1.29, 1.82) is 0 Å². The van der Waals surface area contributed by atoms with Crippen molar-refractivity contribution in [2.75, 3.05) is 12.4 Å². The fourth-order valence-corrected chi connectivity index (χ4v) is 3.17. The van der Waals surface area contributed by atoms with E-state index in [2.05, 4.69) is 49.1 Å². The van der Waals surface area contributed by atoms with Gasteiger partial charge in [-0.15, -0.1) is 0 Å². The van der Waals surface area contributed by atoms with Crippen LogP contribution in [0.4, 0.5) is 5.82 Å². The van der Waals surface area contributed by atoms with Crippen LogP contribution in [0, 0.1) is 0 Å². The Bertz CT molecular complexity index is 768. The first-order valence-electron chi connectivity index (χ1n) is 6.55. The van der Waals surface area contributed by atoms with E-state index in [0.717, 1.165) is 26.9 Å². The molecule has 3 aromatic rings. The predicted octanol–water partition coefficient (Wildman–Crippen LogP) is 2.46. The minimum atomic E-state index is 0.301. The molecule has 0 fully saturated rings. The van der Waals surface area contributed by atoms with E-state index in [1.807, 2.05) is 7.05 Å². The molecular weight excluding hydrogens is 286 g/mol. The summed E-state index contributed by atoms with van der Waals surface area (Å²) in [5.41, 5.74) is 2.56. The Morgan fingerprint density at radius 1 is 1.05 bits per heavy atom. The third-order valence-corrected chi connectivity index (χ3v) is 4.06. The second kappa shape index (κ2) is 5.65. The van der Waals surface area contributed by atoms with E-state index in [1.54, 1.807) is 12.7 Å². The second-order valence-electron chi connectivity index (χ2n) is 4.73. The molecule has 108 valence electrons. The van der Waals surface area contributed by atoms with E-state index in [4.69, 9.17) is 0 Å². The molecule has 0 aromatic carbocycles. The number of aromatic amines is 1. The van der Waals surface area contributed by atoms with Crippen LogP contribution < -0.4 is 5.32 Å². The van der Waals surface area contributed by atoms with Crippen molar-refractivity contribution in [2.45, 2.75) is 29.8 Å². The van der Waals surface area contributed by atoms with Gasteiger partial charge in [-0.05, 0) is 17.7 Å². The van der Waals surface area contributed by atoms with Gasteiger partial charge in [0.05, 0.1) is 6.33 Å². The monoisotopic (exact) mass is 301 g/mol. The highest BCUT2D eigenvalue weighted by Gasteiger charge is 2.17. The lowest BCUT2D eigenvalue weighted by molar-refractivity contribution is 0.805. The maximum Gasteiger partial charge on any atom is 0.181 e. The van der Waals surface area contributed by atoms with Crippen LogP contribution in [0.1, 0.15) is 25.3 Å². The number of hydrogen-bond acceptors (Lipinski definition) is 7. The molecule has 0 bridgehead atoms. The number of fused-ring (bicyclic) bond motifs is 1. The van der Waals surface area contributed by atoms with Gasteiger partial charge in [0.1, 0.15) is 34.0 Å². The van der Waals surface area contributed by atoms with Crippen LogP contribution in [-0.2, 0) is 0 Å². The third-order valence-electron chi connectivity index (χ3n) is 3.04. The van der Waals surface area contributed by atoms with E-state index >= 15 is 0 Å². The Morgan fingerprint density at radius 3 is 2.57 bits per heavy atom. The minimum absolute atomic E-state index is 0.301. The molecule has 0 aliphatic heterocycles. The molecule has 21 heavy (non-hydrogen) atoms. The summed E-state index contributed by atoms with van der Waals surface area (Å²) in [7, 11) is 1.86. The fraction of sp³-hybridized carbons (Fsp3) is 0.308. The van der Waals surface area contributed by atoms with Crippen molar-refractivity contribution in [3.63, 3.8) is 0 Å². The molecule has 0 amide bonds. The Hall–Kier alpha value is -2.22. The van der Waals surface area contributed by atoms with Gasteiger partial charge in [0.2, 0.25) is 0 Å². The second-order valence-corrected chi connectivity index (χ2v) is 5.71. The summed E-state index contributed by atoms with van der Waals surface area (Å²) in [4.78, 5) is 24.4. The van der Waals surface area contributed by atoms with Crippen LogP contribution in [0.15, 0.2) is 29.0 Å².